The van der Waals surface area contributed by atoms with E-state index in [2.05, 4.69) is 6.92 Å². The highest BCUT2D eigenvalue weighted by molar-refractivity contribution is 5.93. The van der Waals surface area contributed by atoms with E-state index in [4.69, 9.17) is 4.84 Å². The van der Waals surface area contributed by atoms with E-state index in [0.717, 1.165) is 19.3 Å². The second kappa shape index (κ2) is 8.10. The van der Waals surface area contributed by atoms with Gasteiger partial charge in [0.2, 0.25) is 0 Å². The quantitative estimate of drug-likeness (QED) is 0.559. The molecule has 3 nitrogen and oxygen atoms in total. The maximum atomic E-state index is 12.5. The lowest BCUT2D eigenvalue weighted by atomic mass is 10.2. The minimum Gasteiger partial charge on any atom is -0.377 e. The Morgan fingerprint density at radius 2 is 1.57 bits per heavy atom. The Morgan fingerprint density at radius 3 is 2.19 bits per heavy atom. The van der Waals surface area contributed by atoms with Crippen LogP contribution in [-0.4, -0.2) is 17.5 Å². The van der Waals surface area contributed by atoms with E-state index in [0.29, 0.717) is 17.9 Å². The number of nitrogens with zero attached hydrogens (tertiary/aromatic N) is 1. The van der Waals surface area contributed by atoms with Crippen molar-refractivity contribution in [3.8, 4) is 5.75 Å². The molecule has 0 atom stereocenters. The lowest BCUT2D eigenvalue weighted by Crippen LogP contribution is -2.35. The van der Waals surface area contributed by atoms with Crippen LogP contribution in [0.15, 0.2) is 60.7 Å². The maximum absolute atomic E-state index is 12.5. The molecular formula is C18H21NO2. The number of carbonyl (C=O) groups excluding carboxylic acids is 1. The molecule has 0 radical (unpaired) electrons. The van der Waals surface area contributed by atoms with Crippen molar-refractivity contribution in [1.29, 1.82) is 0 Å². The number of benzene rings is 2. The molecule has 0 aliphatic rings. The summed E-state index contributed by atoms with van der Waals surface area (Å²) in [6, 6.07) is 18.7. The van der Waals surface area contributed by atoms with Crippen LogP contribution in [-0.2, 0) is 0 Å². The summed E-state index contributed by atoms with van der Waals surface area (Å²) in [6.45, 7) is 2.73. The zero-order valence-corrected chi connectivity index (χ0v) is 12.4. The van der Waals surface area contributed by atoms with E-state index >= 15 is 0 Å². The first-order valence-electron chi connectivity index (χ1n) is 7.41. The van der Waals surface area contributed by atoms with E-state index in [1.807, 2.05) is 60.7 Å². The highest BCUT2D eigenvalue weighted by atomic mass is 16.7. The van der Waals surface area contributed by atoms with Crippen molar-refractivity contribution < 1.29 is 9.63 Å². The normalized spacial score (nSPS) is 10.1. The number of hydroxylamine groups is 2. The van der Waals surface area contributed by atoms with Gasteiger partial charge in [0.1, 0.15) is 0 Å². The number of rotatable bonds is 7. The zero-order valence-electron chi connectivity index (χ0n) is 12.4. The standard InChI is InChI=1S/C18H21NO2/c1-2-3-10-15-19(21-17-13-8-5-9-14-17)18(20)16-11-6-4-7-12-16/h4-9,11-14H,2-3,10,15H2,1H3. The Kier molecular flexibility index (Phi) is 5.83. The first kappa shape index (κ1) is 15.1. The van der Waals surface area contributed by atoms with Gasteiger partial charge < -0.3 is 4.84 Å². The SMILES string of the molecule is CCCCCN(Oc1ccccc1)C(=O)c1ccccc1. The van der Waals surface area contributed by atoms with Gasteiger partial charge in [-0.2, -0.15) is 5.06 Å². The third-order valence-corrected chi connectivity index (χ3v) is 3.17. The topological polar surface area (TPSA) is 29.5 Å². The van der Waals surface area contributed by atoms with Crippen LogP contribution in [0.1, 0.15) is 36.5 Å². The van der Waals surface area contributed by atoms with Gasteiger partial charge >= 0.3 is 0 Å². The van der Waals surface area contributed by atoms with Crippen molar-refractivity contribution in [3.63, 3.8) is 0 Å². The lowest BCUT2D eigenvalue weighted by molar-refractivity contribution is -0.0339. The molecule has 110 valence electrons. The molecule has 2 aromatic carbocycles. The Labute approximate surface area is 126 Å². The summed E-state index contributed by atoms with van der Waals surface area (Å²) < 4.78 is 0. The summed E-state index contributed by atoms with van der Waals surface area (Å²) in [5, 5.41) is 1.46. The van der Waals surface area contributed by atoms with Gasteiger partial charge in [-0.15, -0.1) is 0 Å². The van der Waals surface area contributed by atoms with Gasteiger partial charge in [0.05, 0.1) is 6.54 Å². The zero-order chi connectivity index (χ0) is 14.9. The predicted molar refractivity (Wildman–Crippen MR) is 84.1 cm³/mol. The molecule has 0 saturated heterocycles. The molecular weight excluding hydrogens is 262 g/mol. The molecule has 0 spiro atoms. The molecule has 0 heterocycles. The highest BCUT2D eigenvalue weighted by Crippen LogP contribution is 2.14. The van der Waals surface area contributed by atoms with Crippen LogP contribution < -0.4 is 4.84 Å². The largest absolute Gasteiger partial charge is 0.377 e. The van der Waals surface area contributed by atoms with Crippen LogP contribution in [0.3, 0.4) is 0 Å². The van der Waals surface area contributed by atoms with Gasteiger partial charge in [-0.05, 0) is 30.7 Å². The molecule has 0 N–H and O–H groups in total. The van der Waals surface area contributed by atoms with Crippen molar-refractivity contribution >= 4 is 5.91 Å². The molecule has 0 aliphatic carbocycles. The van der Waals surface area contributed by atoms with Gasteiger partial charge in [-0.1, -0.05) is 56.2 Å². The van der Waals surface area contributed by atoms with Crippen molar-refractivity contribution in [2.24, 2.45) is 0 Å². The predicted octanol–water partition coefficient (Wildman–Crippen LogP) is 4.31. The van der Waals surface area contributed by atoms with E-state index in [1.54, 1.807) is 0 Å². The summed E-state index contributed by atoms with van der Waals surface area (Å²) in [5.41, 5.74) is 0.643. The molecule has 0 saturated carbocycles. The van der Waals surface area contributed by atoms with Crippen molar-refractivity contribution in [1.82, 2.24) is 5.06 Å². The van der Waals surface area contributed by atoms with Crippen LogP contribution in [0.5, 0.6) is 5.75 Å². The summed E-state index contributed by atoms with van der Waals surface area (Å²) >= 11 is 0. The average molecular weight is 283 g/mol. The van der Waals surface area contributed by atoms with Gasteiger partial charge in [0.25, 0.3) is 5.91 Å². The monoisotopic (exact) mass is 283 g/mol. The summed E-state index contributed by atoms with van der Waals surface area (Å²) in [6.07, 6.45) is 3.12. The molecule has 1 amide bonds. The summed E-state index contributed by atoms with van der Waals surface area (Å²) in [7, 11) is 0. The molecule has 0 bridgehead atoms. The van der Waals surface area contributed by atoms with Crippen LogP contribution in [0.4, 0.5) is 0 Å². The number of hydrogen-bond donors (Lipinski definition) is 0. The van der Waals surface area contributed by atoms with Crippen LogP contribution in [0.25, 0.3) is 0 Å². The Hall–Kier alpha value is -2.29. The van der Waals surface area contributed by atoms with E-state index in [9.17, 15) is 4.79 Å². The van der Waals surface area contributed by atoms with Crippen molar-refractivity contribution in [3.05, 3.63) is 66.2 Å². The van der Waals surface area contributed by atoms with E-state index in [1.165, 1.54) is 5.06 Å². The van der Waals surface area contributed by atoms with Crippen molar-refractivity contribution in [2.75, 3.05) is 6.54 Å². The lowest BCUT2D eigenvalue weighted by Gasteiger charge is -2.22. The molecule has 0 aliphatic heterocycles. The van der Waals surface area contributed by atoms with Gasteiger partial charge in [-0.3, -0.25) is 4.79 Å². The molecule has 0 fully saturated rings. The molecule has 2 aromatic rings. The fourth-order valence-corrected chi connectivity index (χ4v) is 2.03. The minimum atomic E-state index is -0.101. The first-order valence-corrected chi connectivity index (χ1v) is 7.41. The second-order valence-electron chi connectivity index (χ2n) is 4.88. The number of hydrogen-bond acceptors (Lipinski definition) is 2. The third kappa shape index (κ3) is 4.63. The Balaban J connectivity index is 2.09. The van der Waals surface area contributed by atoms with Crippen molar-refractivity contribution in [2.45, 2.75) is 26.2 Å². The molecule has 0 unspecified atom stereocenters. The highest BCUT2D eigenvalue weighted by Gasteiger charge is 2.17. The minimum absolute atomic E-state index is 0.101. The maximum Gasteiger partial charge on any atom is 0.286 e. The third-order valence-electron chi connectivity index (χ3n) is 3.17. The fourth-order valence-electron chi connectivity index (χ4n) is 2.03. The molecule has 2 rings (SSSR count). The summed E-state index contributed by atoms with van der Waals surface area (Å²) in [5.74, 6) is 0.578. The van der Waals surface area contributed by atoms with Gasteiger partial charge in [-0.25, -0.2) is 0 Å². The number of para-hydroxylation sites is 1. The second-order valence-corrected chi connectivity index (χ2v) is 4.88. The van der Waals surface area contributed by atoms with Crippen LogP contribution >= 0.6 is 0 Å². The summed E-state index contributed by atoms with van der Waals surface area (Å²) in [4.78, 5) is 18.3. The smallest absolute Gasteiger partial charge is 0.286 e. The Morgan fingerprint density at radius 1 is 0.952 bits per heavy atom. The molecule has 21 heavy (non-hydrogen) atoms. The fraction of sp³-hybridized carbons (Fsp3) is 0.278. The molecule has 3 heteroatoms. The number of carbonyl (C=O) groups is 1. The van der Waals surface area contributed by atoms with Crippen LogP contribution in [0, 0.1) is 0 Å². The van der Waals surface area contributed by atoms with E-state index < -0.39 is 0 Å². The van der Waals surface area contributed by atoms with Gasteiger partial charge in [0, 0.05) is 5.56 Å². The van der Waals surface area contributed by atoms with E-state index in [-0.39, 0.29) is 5.91 Å². The first-order chi connectivity index (χ1) is 10.3. The average Bonchev–Trinajstić information content (AvgIpc) is 2.55. The number of amides is 1. The van der Waals surface area contributed by atoms with Gasteiger partial charge in [0.15, 0.2) is 5.75 Å². The molecule has 0 aromatic heterocycles. The number of unbranched alkanes of at least 4 members (excludes halogenated alkanes) is 2. The van der Waals surface area contributed by atoms with Crippen LogP contribution in [0.2, 0.25) is 0 Å². The Bertz CT molecular complexity index is 540.